The van der Waals surface area contributed by atoms with Crippen LogP contribution in [0.3, 0.4) is 0 Å². The summed E-state index contributed by atoms with van der Waals surface area (Å²) in [6.45, 7) is 3.67. The van der Waals surface area contributed by atoms with Gasteiger partial charge >= 0.3 is 0 Å². The van der Waals surface area contributed by atoms with Crippen molar-refractivity contribution in [3.8, 4) is 11.3 Å². The van der Waals surface area contributed by atoms with Crippen molar-refractivity contribution in [1.29, 1.82) is 0 Å². The van der Waals surface area contributed by atoms with E-state index < -0.39 is 0 Å². The maximum Gasteiger partial charge on any atom is 0.130 e. The van der Waals surface area contributed by atoms with Crippen LogP contribution in [0.15, 0.2) is 54.2 Å². The highest BCUT2D eigenvalue weighted by atomic mass is 16.3. The molecule has 0 aliphatic rings. The van der Waals surface area contributed by atoms with Gasteiger partial charge in [-0.3, -0.25) is 0 Å². The zero-order valence-electron chi connectivity index (χ0n) is 16.0. The van der Waals surface area contributed by atoms with Gasteiger partial charge in [0.05, 0.1) is 6.61 Å². The summed E-state index contributed by atoms with van der Waals surface area (Å²) in [6.07, 6.45) is 5.30. The summed E-state index contributed by atoms with van der Waals surface area (Å²) in [6, 6.07) is 12.0. The molecule has 2 N–H and O–H groups in total. The van der Waals surface area contributed by atoms with Gasteiger partial charge in [0.15, 0.2) is 0 Å². The summed E-state index contributed by atoms with van der Waals surface area (Å²) < 4.78 is 0. The van der Waals surface area contributed by atoms with Crippen molar-refractivity contribution in [1.82, 2.24) is 9.88 Å². The van der Waals surface area contributed by atoms with Gasteiger partial charge in [0.25, 0.3) is 0 Å². The van der Waals surface area contributed by atoms with Gasteiger partial charge in [0, 0.05) is 37.6 Å². The molecule has 1 heterocycles. The van der Waals surface area contributed by atoms with Crippen molar-refractivity contribution >= 4 is 11.4 Å². The molecule has 0 unspecified atom stereocenters. The van der Waals surface area contributed by atoms with Crippen molar-refractivity contribution in [2.45, 2.75) is 33.3 Å². The third kappa shape index (κ3) is 4.96. The molecule has 0 aliphatic heterocycles. The molecule has 138 valence electrons. The Morgan fingerprint density at radius 3 is 2.35 bits per heavy atom. The Bertz CT molecular complexity index is 796. The number of aromatic amines is 1. The van der Waals surface area contributed by atoms with Crippen LogP contribution in [0, 0.1) is 0 Å². The zero-order chi connectivity index (χ0) is 19.1. The first-order valence-electron chi connectivity index (χ1n) is 8.88. The van der Waals surface area contributed by atoms with E-state index in [1.807, 2.05) is 51.4 Å². The lowest BCUT2D eigenvalue weighted by Gasteiger charge is -2.19. The maximum atomic E-state index is 11.5. The normalized spacial score (nSPS) is 12.3. The van der Waals surface area contributed by atoms with Gasteiger partial charge < -0.3 is 19.8 Å². The Hall–Kier alpha value is -2.59. The molecule has 0 saturated heterocycles. The summed E-state index contributed by atoms with van der Waals surface area (Å²) in [7, 11) is 4.03. The van der Waals surface area contributed by atoms with E-state index in [1.165, 1.54) is 0 Å². The highest BCUT2D eigenvalue weighted by Gasteiger charge is 2.13. The minimum Gasteiger partial charge on any atom is -0.392 e. The number of allylic oxidation sites excluding steroid dienone is 3. The summed E-state index contributed by atoms with van der Waals surface area (Å²) >= 11 is 0. The average molecular weight is 352 g/mol. The quantitative estimate of drug-likeness (QED) is 0.693. The number of Topliss-reactive ketones (excluding diaryl/α,β-unsaturated/α-hetero) is 1. The molecule has 2 rings (SSSR count). The molecule has 26 heavy (non-hydrogen) atoms. The summed E-state index contributed by atoms with van der Waals surface area (Å²) in [5, 5.41) is 9.19. The molecular formula is C22H28N2O2. The van der Waals surface area contributed by atoms with Crippen LogP contribution < -0.4 is 0 Å². The minimum atomic E-state index is 0.0454. The molecule has 0 radical (unpaired) electrons. The fourth-order valence-electron chi connectivity index (χ4n) is 2.91. The van der Waals surface area contributed by atoms with Gasteiger partial charge in [-0.25, -0.2) is 0 Å². The lowest BCUT2D eigenvalue weighted by Crippen LogP contribution is -2.12. The van der Waals surface area contributed by atoms with Crippen LogP contribution in [-0.2, 0) is 11.4 Å². The number of carbonyl (C=O) groups excluding carboxylic acids is 1. The van der Waals surface area contributed by atoms with E-state index in [2.05, 4.69) is 28.1 Å². The van der Waals surface area contributed by atoms with E-state index in [1.54, 1.807) is 6.92 Å². The summed E-state index contributed by atoms with van der Waals surface area (Å²) in [5.41, 5.74) is 6.22. The van der Waals surface area contributed by atoms with E-state index in [9.17, 15) is 9.90 Å². The second-order valence-electron chi connectivity index (χ2n) is 6.60. The van der Waals surface area contributed by atoms with Crippen LogP contribution in [0.5, 0.6) is 0 Å². The van der Waals surface area contributed by atoms with Crippen LogP contribution in [-0.4, -0.2) is 34.9 Å². The van der Waals surface area contributed by atoms with Crippen LogP contribution in [0.1, 0.15) is 37.9 Å². The molecule has 0 aliphatic carbocycles. The van der Waals surface area contributed by atoms with Gasteiger partial charge in [0.1, 0.15) is 5.78 Å². The minimum absolute atomic E-state index is 0.0454. The number of hydrogen-bond acceptors (Lipinski definition) is 3. The number of likely N-dealkylation sites (N-methyl/N-ethyl adjacent to an activating group) is 1. The van der Waals surface area contributed by atoms with E-state index in [0.29, 0.717) is 12.8 Å². The SMILES string of the molecule is CC=C/C(=C(/CCC(C)=O)c1ccc(-c2ccc(CO)cc2)[nH]1)N(C)C. The standard InChI is InChI=1S/C22H28N2O2/c1-5-6-22(24(3)4)19(12-7-16(2)26)21-14-13-20(23-21)18-10-8-17(15-25)9-11-18/h5-6,8-11,13-14,23,25H,7,12,15H2,1-4H3/b6-5?,22-19+. The number of aromatic nitrogens is 1. The fourth-order valence-corrected chi connectivity index (χ4v) is 2.91. The molecule has 4 heteroatoms. The number of aliphatic hydroxyl groups excluding tert-OH is 1. The predicted octanol–water partition coefficient (Wildman–Crippen LogP) is 4.39. The number of H-pyrrole nitrogens is 1. The van der Waals surface area contributed by atoms with Gasteiger partial charge in [-0.2, -0.15) is 0 Å². The Kier molecular flexibility index (Phi) is 6.98. The predicted molar refractivity (Wildman–Crippen MR) is 107 cm³/mol. The molecule has 0 atom stereocenters. The lowest BCUT2D eigenvalue weighted by atomic mass is 10.0. The monoisotopic (exact) mass is 352 g/mol. The number of benzene rings is 1. The average Bonchev–Trinajstić information content (AvgIpc) is 3.10. The first kappa shape index (κ1) is 19.7. The van der Waals surface area contributed by atoms with Crippen molar-refractivity contribution < 1.29 is 9.90 Å². The highest BCUT2D eigenvalue weighted by Crippen LogP contribution is 2.28. The van der Waals surface area contributed by atoms with Crippen molar-refractivity contribution in [3.05, 3.63) is 65.5 Å². The number of rotatable bonds is 8. The number of aliphatic hydroxyl groups is 1. The Balaban J connectivity index is 2.43. The van der Waals surface area contributed by atoms with Gasteiger partial charge in [-0.05, 0) is 55.2 Å². The molecule has 0 saturated carbocycles. The lowest BCUT2D eigenvalue weighted by molar-refractivity contribution is -0.116. The van der Waals surface area contributed by atoms with Gasteiger partial charge in [0.2, 0.25) is 0 Å². The third-order valence-corrected chi connectivity index (χ3v) is 4.30. The Labute approximate surface area is 155 Å². The molecule has 0 fully saturated rings. The summed E-state index contributed by atoms with van der Waals surface area (Å²) in [5.74, 6) is 0.187. The van der Waals surface area contributed by atoms with E-state index >= 15 is 0 Å². The molecule has 4 nitrogen and oxygen atoms in total. The first-order chi connectivity index (χ1) is 12.5. The van der Waals surface area contributed by atoms with Crippen molar-refractivity contribution in [2.24, 2.45) is 0 Å². The van der Waals surface area contributed by atoms with E-state index in [4.69, 9.17) is 0 Å². The number of hydrogen-bond donors (Lipinski definition) is 2. The van der Waals surface area contributed by atoms with E-state index in [0.717, 1.165) is 33.8 Å². The second kappa shape index (κ2) is 9.20. The third-order valence-electron chi connectivity index (χ3n) is 4.30. The molecule has 0 bridgehead atoms. The molecular weight excluding hydrogens is 324 g/mol. The highest BCUT2D eigenvalue weighted by molar-refractivity contribution is 5.79. The summed E-state index contributed by atoms with van der Waals surface area (Å²) in [4.78, 5) is 17.1. The van der Waals surface area contributed by atoms with Gasteiger partial charge in [-0.15, -0.1) is 0 Å². The van der Waals surface area contributed by atoms with Gasteiger partial charge in [-0.1, -0.05) is 30.3 Å². The van der Waals surface area contributed by atoms with Crippen LogP contribution >= 0.6 is 0 Å². The van der Waals surface area contributed by atoms with Crippen molar-refractivity contribution in [3.63, 3.8) is 0 Å². The van der Waals surface area contributed by atoms with Crippen molar-refractivity contribution in [2.75, 3.05) is 14.1 Å². The number of nitrogens with zero attached hydrogens (tertiary/aromatic N) is 1. The second-order valence-corrected chi connectivity index (χ2v) is 6.60. The molecule has 1 aromatic heterocycles. The van der Waals surface area contributed by atoms with Crippen LogP contribution in [0.2, 0.25) is 0 Å². The van der Waals surface area contributed by atoms with Crippen LogP contribution in [0.25, 0.3) is 16.8 Å². The number of carbonyl (C=O) groups is 1. The first-order valence-corrected chi connectivity index (χ1v) is 8.88. The molecule has 0 amide bonds. The Morgan fingerprint density at radius 2 is 1.81 bits per heavy atom. The van der Waals surface area contributed by atoms with Crippen LogP contribution in [0.4, 0.5) is 0 Å². The topological polar surface area (TPSA) is 56.3 Å². The maximum absolute atomic E-state index is 11.5. The molecule has 1 aromatic carbocycles. The number of ketones is 1. The molecule has 0 spiro atoms. The Morgan fingerprint density at radius 1 is 1.12 bits per heavy atom. The fraction of sp³-hybridized carbons (Fsp3) is 0.318. The molecule has 2 aromatic rings. The smallest absolute Gasteiger partial charge is 0.130 e. The zero-order valence-corrected chi connectivity index (χ0v) is 16.0. The largest absolute Gasteiger partial charge is 0.392 e. The number of nitrogens with one attached hydrogen (secondary N) is 1. The van der Waals surface area contributed by atoms with E-state index in [-0.39, 0.29) is 12.4 Å².